The number of rotatable bonds is 7. The number of amides is 2. The van der Waals surface area contributed by atoms with E-state index in [0.29, 0.717) is 56.7 Å². The maximum atomic E-state index is 12.8. The van der Waals surface area contributed by atoms with E-state index in [0.717, 1.165) is 5.56 Å². The molecule has 1 heterocycles. The third kappa shape index (κ3) is 5.60. The Morgan fingerprint density at radius 3 is 2.30 bits per heavy atom. The maximum absolute atomic E-state index is 12.8. The van der Waals surface area contributed by atoms with Crippen LogP contribution in [0.25, 0.3) is 0 Å². The van der Waals surface area contributed by atoms with Crippen LogP contribution in [0.2, 0.25) is 0 Å². The van der Waals surface area contributed by atoms with Gasteiger partial charge in [0.1, 0.15) is 5.75 Å². The van der Waals surface area contributed by atoms with Crippen molar-refractivity contribution in [2.24, 2.45) is 0 Å². The predicted octanol–water partition coefficient (Wildman–Crippen LogP) is 3.61. The summed E-state index contributed by atoms with van der Waals surface area (Å²) < 4.78 is 5.56. The summed E-state index contributed by atoms with van der Waals surface area (Å²) in [6.07, 6.45) is 0. The molecule has 2 amide bonds. The van der Waals surface area contributed by atoms with Gasteiger partial charge in [-0.2, -0.15) is 0 Å². The lowest BCUT2D eigenvalue weighted by molar-refractivity contribution is -0.117. The molecule has 0 unspecified atom stereocenters. The van der Waals surface area contributed by atoms with E-state index in [1.54, 1.807) is 0 Å². The Kier molecular flexibility index (Phi) is 7.46. The lowest BCUT2D eigenvalue weighted by atomic mass is 10.0. The molecule has 0 saturated carbocycles. The molecule has 1 aliphatic rings. The first-order valence-electron chi connectivity index (χ1n) is 10.6. The van der Waals surface area contributed by atoms with Gasteiger partial charge in [0, 0.05) is 31.7 Å². The Balaban J connectivity index is 1.49. The molecule has 6 nitrogen and oxygen atoms in total. The number of piperazine rings is 1. The van der Waals surface area contributed by atoms with Crippen molar-refractivity contribution in [3.05, 3.63) is 59.7 Å². The highest BCUT2D eigenvalue weighted by atomic mass is 16.5. The number of hydrogen-bond acceptors (Lipinski definition) is 4. The summed E-state index contributed by atoms with van der Waals surface area (Å²) in [5.41, 5.74) is 2.63. The molecule has 1 saturated heterocycles. The van der Waals surface area contributed by atoms with Crippen LogP contribution in [-0.4, -0.2) is 60.9 Å². The molecule has 0 radical (unpaired) electrons. The fraction of sp³-hybridized carbons (Fsp3) is 0.417. The van der Waals surface area contributed by atoms with E-state index < -0.39 is 0 Å². The number of benzene rings is 2. The summed E-state index contributed by atoms with van der Waals surface area (Å²) in [6, 6.07) is 15.3. The summed E-state index contributed by atoms with van der Waals surface area (Å²) in [5, 5.41) is 2.93. The Bertz CT molecular complexity index is 856. The van der Waals surface area contributed by atoms with Crippen molar-refractivity contribution in [2.75, 3.05) is 44.6 Å². The van der Waals surface area contributed by atoms with E-state index in [9.17, 15) is 9.59 Å². The van der Waals surface area contributed by atoms with Crippen LogP contribution < -0.4 is 10.1 Å². The van der Waals surface area contributed by atoms with Gasteiger partial charge in [0.25, 0.3) is 5.91 Å². The van der Waals surface area contributed by atoms with E-state index in [1.807, 2.05) is 60.4 Å². The molecular weight excluding hydrogens is 378 g/mol. The Morgan fingerprint density at radius 1 is 1.00 bits per heavy atom. The molecule has 160 valence electrons. The Morgan fingerprint density at radius 2 is 1.67 bits per heavy atom. The second kappa shape index (κ2) is 10.3. The maximum Gasteiger partial charge on any atom is 0.253 e. The van der Waals surface area contributed by atoms with Crippen molar-refractivity contribution in [2.45, 2.75) is 26.7 Å². The van der Waals surface area contributed by atoms with Crippen molar-refractivity contribution in [3.8, 4) is 5.75 Å². The molecule has 1 aliphatic heterocycles. The SMILES string of the molecule is CCOc1ccccc1NC(=O)CN1CCN(C(=O)c2ccc(C(C)C)cc2)CC1. The standard InChI is InChI=1S/C24H31N3O3/c1-4-30-22-8-6-5-7-21(22)25-23(28)17-26-13-15-27(16-14-26)24(29)20-11-9-19(10-12-20)18(2)3/h5-12,18H,4,13-17H2,1-3H3,(H,25,28). The highest BCUT2D eigenvalue weighted by Gasteiger charge is 2.23. The average Bonchev–Trinajstić information content (AvgIpc) is 2.75. The fourth-order valence-electron chi connectivity index (χ4n) is 3.55. The van der Waals surface area contributed by atoms with Gasteiger partial charge in [-0.05, 0) is 42.7 Å². The van der Waals surface area contributed by atoms with Crippen molar-refractivity contribution in [3.63, 3.8) is 0 Å². The van der Waals surface area contributed by atoms with E-state index in [1.165, 1.54) is 5.56 Å². The molecule has 30 heavy (non-hydrogen) atoms. The van der Waals surface area contributed by atoms with Crippen LogP contribution in [0.4, 0.5) is 5.69 Å². The molecule has 0 spiro atoms. The minimum atomic E-state index is -0.0776. The van der Waals surface area contributed by atoms with Crippen LogP contribution in [0.3, 0.4) is 0 Å². The van der Waals surface area contributed by atoms with E-state index in [2.05, 4.69) is 24.1 Å². The Hall–Kier alpha value is -2.86. The smallest absolute Gasteiger partial charge is 0.253 e. The van der Waals surface area contributed by atoms with Crippen molar-refractivity contribution >= 4 is 17.5 Å². The first-order chi connectivity index (χ1) is 14.5. The molecule has 0 bridgehead atoms. The molecule has 1 N–H and O–H groups in total. The summed E-state index contributed by atoms with van der Waals surface area (Å²) in [4.78, 5) is 29.2. The van der Waals surface area contributed by atoms with Crippen molar-refractivity contribution < 1.29 is 14.3 Å². The summed E-state index contributed by atoms with van der Waals surface area (Å²) in [6.45, 7) is 9.63. The van der Waals surface area contributed by atoms with E-state index in [4.69, 9.17) is 4.74 Å². The van der Waals surface area contributed by atoms with E-state index >= 15 is 0 Å². The third-order valence-corrected chi connectivity index (χ3v) is 5.31. The van der Waals surface area contributed by atoms with Crippen LogP contribution in [0.1, 0.15) is 42.6 Å². The van der Waals surface area contributed by atoms with Crippen molar-refractivity contribution in [1.29, 1.82) is 0 Å². The monoisotopic (exact) mass is 409 g/mol. The second-order valence-electron chi connectivity index (χ2n) is 7.82. The van der Waals surface area contributed by atoms with E-state index in [-0.39, 0.29) is 11.8 Å². The van der Waals surface area contributed by atoms with Crippen LogP contribution in [0, 0.1) is 0 Å². The number of anilines is 1. The molecule has 6 heteroatoms. The zero-order valence-electron chi connectivity index (χ0n) is 18.1. The predicted molar refractivity (Wildman–Crippen MR) is 119 cm³/mol. The van der Waals surface area contributed by atoms with Gasteiger partial charge in [0.2, 0.25) is 5.91 Å². The lowest BCUT2D eigenvalue weighted by Crippen LogP contribution is -2.50. The molecule has 3 rings (SSSR count). The number of carbonyl (C=O) groups excluding carboxylic acids is 2. The first-order valence-corrected chi connectivity index (χ1v) is 10.6. The van der Waals surface area contributed by atoms with Gasteiger partial charge in [-0.15, -0.1) is 0 Å². The topological polar surface area (TPSA) is 61.9 Å². The van der Waals surface area contributed by atoms with Gasteiger partial charge in [-0.1, -0.05) is 38.1 Å². The van der Waals surface area contributed by atoms with Crippen LogP contribution in [-0.2, 0) is 4.79 Å². The zero-order valence-corrected chi connectivity index (χ0v) is 18.1. The molecule has 2 aromatic rings. The first kappa shape index (κ1) is 21.8. The second-order valence-corrected chi connectivity index (χ2v) is 7.82. The largest absolute Gasteiger partial charge is 0.492 e. The summed E-state index contributed by atoms with van der Waals surface area (Å²) >= 11 is 0. The quantitative estimate of drug-likeness (QED) is 0.759. The number of para-hydroxylation sites is 2. The van der Waals surface area contributed by atoms with Gasteiger partial charge in [0.05, 0.1) is 18.8 Å². The Labute approximate surface area is 178 Å². The normalized spacial score (nSPS) is 14.6. The number of hydrogen-bond donors (Lipinski definition) is 1. The van der Waals surface area contributed by atoms with Gasteiger partial charge in [-0.25, -0.2) is 0 Å². The molecule has 1 fully saturated rings. The number of ether oxygens (including phenoxy) is 1. The number of nitrogens with zero attached hydrogens (tertiary/aromatic N) is 2. The van der Waals surface area contributed by atoms with Gasteiger partial charge >= 0.3 is 0 Å². The molecular formula is C24H31N3O3. The average molecular weight is 410 g/mol. The van der Waals surface area contributed by atoms with Gasteiger partial charge in [0.15, 0.2) is 0 Å². The molecule has 2 aromatic carbocycles. The van der Waals surface area contributed by atoms with Crippen molar-refractivity contribution in [1.82, 2.24) is 9.80 Å². The molecule has 0 atom stereocenters. The highest BCUT2D eigenvalue weighted by Crippen LogP contribution is 2.23. The zero-order chi connectivity index (χ0) is 21.5. The molecule has 0 aliphatic carbocycles. The van der Waals surface area contributed by atoms with Crippen LogP contribution in [0.15, 0.2) is 48.5 Å². The number of carbonyl (C=O) groups is 2. The van der Waals surface area contributed by atoms with Crippen LogP contribution in [0.5, 0.6) is 5.75 Å². The fourth-order valence-corrected chi connectivity index (χ4v) is 3.55. The van der Waals surface area contributed by atoms with Crippen LogP contribution >= 0.6 is 0 Å². The lowest BCUT2D eigenvalue weighted by Gasteiger charge is -2.34. The third-order valence-electron chi connectivity index (χ3n) is 5.31. The number of nitrogens with one attached hydrogen (secondary N) is 1. The van der Waals surface area contributed by atoms with Gasteiger partial charge < -0.3 is 15.0 Å². The molecule has 0 aromatic heterocycles. The minimum absolute atomic E-state index is 0.0556. The highest BCUT2D eigenvalue weighted by molar-refractivity contribution is 5.95. The van der Waals surface area contributed by atoms with Gasteiger partial charge in [-0.3, -0.25) is 14.5 Å². The summed E-state index contributed by atoms with van der Waals surface area (Å²) in [5.74, 6) is 1.10. The minimum Gasteiger partial charge on any atom is -0.492 e. The summed E-state index contributed by atoms with van der Waals surface area (Å²) in [7, 11) is 0.